The van der Waals surface area contributed by atoms with E-state index in [1.54, 1.807) is 26.3 Å². The van der Waals surface area contributed by atoms with Crippen LogP contribution in [-0.2, 0) is 4.74 Å². The zero-order valence-corrected chi connectivity index (χ0v) is 10.6. The highest BCUT2D eigenvalue weighted by Crippen LogP contribution is 2.21. The first-order chi connectivity index (χ1) is 8.19. The highest BCUT2D eigenvalue weighted by atomic mass is 19.1. The third-order valence-electron chi connectivity index (χ3n) is 2.63. The highest BCUT2D eigenvalue weighted by molar-refractivity contribution is 5.30. The van der Waals surface area contributed by atoms with Crippen molar-refractivity contribution in [3.05, 3.63) is 29.6 Å². The number of rotatable bonds is 7. The molecule has 1 aromatic carbocycles. The number of methoxy groups -OCH3 is 1. The molecule has 4 heteroatoms. The first kappa shape index (κ1) is 13.9. The zero-order chi connectivity index (χ0) is 12.7. The summed E-state index contributed by atoms with van der Waals surface area (Å²) >= 11 is 0. The van der Waals surface area contributed by atoms with E-state index in [1.165, 1.54) is 6.07 Å². The van der Waals surface area contributed by atoms with Crippen LogP contribution in [0.4, 0.5) is 4.39 Å². The summed E-state index contributed by atoms with van der Waals surface area (Å²) in [5.74, 6) is 0.321. The normalized spacial score (nSPS) is 12.5. The molecule has 0 aromatic heterocycles. The predicted octanol–water partition coefficient (Wildman–Crippen LogP) is 2.52. The van der Waals surface area contributed by atoms with Gasteiger partial charge in [0.1, 0.15) is 11.6 Å². The van der Waals surface area contributed by atoms with E-state index in [4.69, 9.17) is 9.47 Å². The van der Waals surface area contributed by atoms with Crippen molar-refractivity contribution in [1.82, 2.24) is 5.32 Å². The van der Waals surface area contributed by atoms with E-state index in [1.807, 2.05) is 6.92 Å². The van der Waals surface area contributed by atoms with E-state index in [0.717, 1.165) is 6.42 Å². The Morgan fingerprint density at radius 1 is 1.35 bits per heavy atom. The smallest absolute Gasteiger partial charge is 0.131 e. The van der Waals surface area contributed by atoms with Crippen LogP contribution >= 0.6 is 0 Å². The van der Waals surface area contributed by atoms with Crippen molar-refractivity contribution in [2.24, 2.45) is 0 Å². The number of ether oxygens (including phenoxy) is 2. The van der Waals surface area contributed by atoms with Crippen LogP contribution in [0.15, 0.2) is 18.2 Å². The predicted molar refractivity (Wildman–Crippen MR) is 65.9 cm³/mol. The first-order valence-electron chi connectivity index (χ1n) is 5.77. The summed E-state index contributed by atoms with van der Waals surface area (Å²) < 4.78 is 24.0. The second kappa shape index (κ2) is 7.25. The van der Waals surface area contributed by atoms with Gasteiger partial charge in [0.15, 0.2) is 0 Å². The number of hydrogen-bond acceptors (Lipinski definition) is 3. The Bertz CT molecular complexity index is 344. The SMILES string of the molecule is CNC(C)c1ccc(OCCCOC)cc1F. The summed E-state index contributed by atoms with van der Waals surface area (Å²) in [6.45, 7) is 3.10. The monoisotopic (exact) mass is 241 g/mol. The molecule has 1 unspecified atom stereocenters. The van der Waals surface area contributed by atoms with Gasteiger partial charge in [-0.2, -0.15) is 0 Å². The molecule has 1 aromatic rings. The maximum absolute atomic E-state index is 13.7. The summed E-state index contributed by atoms with van der Waals surface area (Å²) in [4.78, 5) is 0. The number of nitrogens with one attached hydrogen (secondary N) is 1. The van der Waals surface area contributed by atoms with Gasteiger partial charge in [-0.15, -0.1) is 0 Å². The van der Waals surface area contributed by atoms with Crippen LogP contribution in [0.25, 0.3) is 0 Å². The molecule has 0 bridgehead atoms. The molecule has 1 N–H and O–H groups in total. The highest BCUT2D eigenvalue weighted by Gasteiger charge is 2.09. The molecule has 17 heavy (non-hydrogen) atoms. The Balaban J connectivity index is 2.56. The molecular weight excluding hydrogens is 221 g/mol. The third kappa shape index (κ3) is 4.32. The van der Waals surface area contributed by atoms with Crippen molar-refractivity contribution >= 4 is 0 Å². The Morgan fingerprint density at radius 2 is 2.12 bits per heavy atom. The molecule has 96 valence electrons. The average Bonchev–Trinajstić information content (AvgIpc) is 2.34. The molecule has 0 aliphatic carbocycles. The average molecular weight is 241 g/mol. The van der Waals surface area contributed by atoms with Gasteiger partial charge in [0, 0.05) is 37.8 Å². The standard InChI is InChI=1S/C13H20FNO2/c1-10(15-2)12-6-5-11(9-13(12)14)17-8-4-7-16-3/h5-6,9-10,15H,4,7-8H2,1-3H3. The molecule has 0 saturated carbocycles. The maximum Gasteiger partial charge on any atom is 0.131 e. The van der Waals surface area contributed by atoms with Gasteiger partial charge >= 0.3 is 0 Å². The van der Waals surface area contributed by atoms with Gasteiger partial charge in [0.25, 0.3) is 0 Å². The molecule has 1 atom stereocenters. The van der Waals surface area contributed by atoms with Crippen molar-refractivity contribution in [3.63, 3.8) is 0 Å². The van der Waals surface area contributed by atoms with Gasteiger partial charge in [-0.3, -0.25) is 0 Å². The molecule has 0 heterocycles. The van der Waals surface area contributed by atoms with Crippen molar-refractivity contribution < 1.29 is 13.9 Å². The molecule has 0 fully saturated rings. The maximum atomic E-state index is 13.7. The van der Waals surface area contributed by atoms with Crippen molar-refractivity contribution in [2.45, 2.75) is 19.4 Å². The molecule has 0 saturated heterocycles. The molecule has 0 spiro atoms. The fourth-order valence-electron chi connectivity index (χ4n) is 1.50. The van der Waals surface area contributed by atoms with Crippen LogP contribution in [0.2, 0.25) is 0 Å². The topological polar surface area (TPSA) is 30.5 Å². The lowest BCUT2D eigenvalue weighted by Gasteiger charge is -2.13. The fraction of sp³-hybridized carbons (Fsp3) is 0.538. The van der Waals surface area contributed by atoms with Gasteiger partial charge in [-0.25, -0.2) is 4.39 Å². The lowest BCUT2D eigenvalue weighted by atomic mass is 10.1. The zero-order valence-electron chi connectivity index (χ0n) is 10.6. The van der Waals surface area contributed by atoms with E-state index in [9.17, 15) is 4.39 Å². The number of hydrogen-bond donors (Lipinski definition) is 1. The summed E-state index contributed by atoms with van der Waals surface area (Å²) in [5, 5.41) is 3.00. The second-order valence-corrected chi connectivity index (χ2v) is 3.89. The minimum Gasteiger partial charge on any atom is -0.493 e. The van der Waals surface area contributed by atoms with Gasteiger partial charge in [0.05, 0.1) is 6.61 Å². The summed E-state index contributed by atoms with van der Waals surface area (Å²) in [6.07, 6.45) is 0.798. The number of halogens is 1. The van der Waals surface area contributed by atoms with E-state index in [0.29, 0.717) is 24.5 Å². The van der Waals surface area contributed by atoms with Gasteiger partial charge < -0.3 is 14.8 Å². The van der Waals surface area contributed by atoms with E-state index >= 15 is 0 Å². The summed E-state index contributed by atoms with van der Waals surface area (Å²) in [5.41, 5.74) is 0.650. The van der Waals surface area contributed by atoms with Gasteiger partial charge in [0.2, 0.25) is 0 Å². The summed E-state index contributed by atoms with van der Waals surface area (Å²) in [6, 6.07) is 4.97. The fourth-order valence-corrected chi connectivity index (χ4v) is 1.50. The van der Waals surface area contributed by atoms with Crippen molar-refractivity contribution in [1.29, 1.82) is 0 Å². The first-order valence-corrected chi connectivity index (χ1v) is 5.77. The minimum absolute atomic E-state index is 0.00228. The molecule has 0 aliphatic heterocycles. The van der Waals surface area contributed by atoms with Crippen molar-refractivity contribution in [2.75, 3.05) is 27.4 Å². The van der Waals surface area contributed by atoms with Crippen LogP contribution in [-0.4, -0.2) is 27.4 Å². The van der Waals surface area contributed by atoms with Crippen LogP contribution in [0.3, 0.4) is 0 Å². The Labute approximate surface area is 102 Å². The largest absolute Gasteiger partial charge is 0.493 e. The van der Waals surface area contributed by atoms with Crippen LogP contribution in [0.5, 0.6) is 5.75 Å². The van der Waals surface area contributed by atoms with Crippen LogP contribution in [0.1, 0.15) is 24.9 Å². The Kier molecular flexibility index (Phi) is 5.94. The second-order valence-electron chi connectivity index (χ2n) is 3.89. The van der Waals surface area contributed by atoms with Crippen LogP contribution in [0, 0.1) is 5.82 Å². The molecule has 0 radical (unpaired) electrons. The van der Waals surface area contributed by atoms with E-state index in [2.05, 4.69) is 5.32 Å². The quantitative estimate of drug-likeness (QED) is 0.744. The molecule has 0 aliphatic rings. The lowest BCUT2D eigenvalue weighted by molar-refractivity contribution is 0.172. The molecular formula is C13H20FNO2. The van der Waals surface area contributed by atoms with E-state index < -0.39 is 0 Å². The van der Waals surface area contributed by atoms with E-state index in [-0.39, 0.29) is 11.9 Å². The van der Waals surface area contributed by atoms with Gasteiger partial charge in [-0.05, 0) is 20.0 Å². The molecule has 3 nitrogen and oxygen atoms in total. The van der Waals surface area contributed by atoms with Crippen LogP contribution < -0.4 is 10.1 Å². The summed E-state index contributed by atoms with van der Waals surface area (Å²) in [7, 11) is 3.45. The lowest BCUT2D eigenvalue weighted by Crippen LogP contribution is -2.14. The minimum atomic E-state index is -0.240. The molecule has 1 rings (SSSR count). The van der Waals surface area contributed by atoms with Crippen molar-refractivity contribution in [3.8, 4) is 5.75 Å². The number of benzene rings is 1. The molecule has 0 amide bonds. The Hall–Kier alpha value is -1.13. The van der Waals surface area contributed by atoms with Gasteiger partial charge in [-0.1, -0.05) is 6.07 Å². The Morgan fingerprint density at radius 3 is 2.71 bits per heavy atom. The third-order valence-corrected chi connectivity index (χ3v) is 2.63.